The summed E-state index contributed by atoms with van der Waals surface area (Å²) in [6, 6.07) is 7.15. The second kappa shape index (κ2) is 2.00. The third-order valence-electron chi connectivity index (χ3n) is 2.08. The Bertz CT molecular complexity index is 265. The fraction of sp³-hybridized carbons (Fsp3) is 0.333. The van der Waals surface area contributed by atoms with Crippen molar-refractivity contribution < 1.29 is 0 Å². The molecule has 1 aromatic rings. The molecule has 51 valence electrons. The Morgan fingerprint density at radius 1 is 1.70 bits per heavy atom. The third kappa shape index (κ3) is 0.688. The smallest absolute Gasteiger partial charge is 0.0479 e. The van der Waals surface area contributed by atoms with Crippen LogP contribution in [0.4, 0.5) is 0 Å². The molecule has 0 aliphatic heterocycles. The van der Waals surface area contributed by atoms with Gasteiger partial charge in [0.1, 0.15) is 0 Å². The highest BCUT2D eigenvalue weighted by atomic mass is 35.5. The Hall–Kier alpha value is -0.490. The van der Waals surface area contributed by atoms with Gasteiger partial charge in [-0.3, -0.25) is 0 Å². The van der Waals surface area contributed by atoms with Gasteiger partial charge in [0.25, 0.3) is 0 Å². The molecule has 1 aromatic carbocycles. The summed E-state index contributed by atoms with van der Waals surface area (Å²) >= 11 is 6.00. The van der Waals surface area contributed by atoms with Crippen LogP contribution in [0.2, 0.25) is 5.02 Å². The largest absolute Gasteiger partial charge is 0.0837 e. The molecule has 2 rings (SSSR count). The number of fused-ring (bicyclic) bond motifs is 2. The SMILES string of the molecule is CC1Cc2[c]ccc1c2Cl. The minimum absolute atomic E-state index is 0.605. The van der Waals surface area contributed by atoms with Crippen LogP contribution >= 0.6 is 11.6 Å². The van der Waals surface area contributed by atoms with Crippen LogP contribution in [-0.4, -0.2) is 0 Å². The lowest BCUT2D eigenvalue weighted by atomic mass is 10.1. The van der Waals surface area contributed by atoms with E-state index in [2.05, 4.69) is 19.1 Å². The highest BCUT2D eigenvalue weighted by Crippen LogP contribution is 2.37. The van der Waals surface area contributed by atoms with Crippen LogP contribution in [0.5, 0.6) is 0 Å². The summed E-state index contributed by atoms with van der Waals surface area (Å²) in [5.41, 5.74) is 2.47. The van der Waals surface area contributed by atoms with Crippen LogP contribution in [0.3, 0.4) is 0 Å². The van der Waals surface area contributed by atoms with Crippen molar-refractivity contribution in [3.8, 4) is 0 Å². The van der Waals surface area contributed by atoms with Gasteiger partial charge in [0.15, 0.2) is 0 Å². The maximum absolute atomic E-state index is 6.00. The quantitative estimate of drug-likeness (QED) is 0.535. The molecule has 1 atom stereocenters. The molecule has 0 N–H and O–H groups in total. The van der Waals surface area contributed by atoms with Crippen molar-refractivity contribution in [2.24, 2.45) is 0 Å². The Morgan fingerprint density at radius 2 is 2.50 bits per heavy atom. The van der Waals surface area contributed by atoms with Gasteiger partial charge in [0.2, 0.25) is 0 Å². The normalized spacial score (nSPS) is 21.6. The van der Waals surface area contributed by atoms with Gasteiger partial charge in [-0.05, 0) is 29.5 Å². The molecule has 0 saturated heterocycles. The molecule has 0 aromatic heterocycles. The predicted octanol–water partition coefficient (Wildman–Crippen LogP) is 2.80. The standard InChI is InChI=1S/C9H8Cl/c1-6-5-7-3-2-4-8(6)9(7)10/h2,4,6H,5H2,1H3. The number of rotatable bonds is 0. The third-order valence-corrected chi connectivity index (χ3v) is 2.53. The molecule has 1 unspecified atom stereocenters. The van der Waals surface area contributed by atoms with Gasteiger partial charge in [-0.25, -0.2) is 0 Å². The molecule has 1 aliphatic rings. The summed E-state index contributed by atoms with van der Waals surface area (Å²) in [6.45, 7) is 2.20. The fourth-order valence-electron chi connectivity index (χ4n) is 1.49. The average Bonchev–Trinajstić information content (AvgIpc) is 2.16. The predicted molar refractivity (Wildman–Crippen MR) is 42.4 cm³/mol. The van der Waals surface area contributed by atoms with Crippen LogP contribution in [0.1, 0.15) is 24.0 Å². The Labute approximate surface area is 65.8 Å². The van der Waals surface area contributed by atoms with Gasteiger partial charge in [-0.1, -0.05) is 30.7 Å². The fourth-order valence-corrected chi connectivity index (χ4v) is 1.87. The van der Waals surface area contributed by atoms with E-state index in [1.54, 1.807) is 0 Å². The van der Waals surface area contributed by atoms with Crippen LogP contribution in [-0.2, 0) is 6.42 Å². The van der Waals surface area contributed by atoms with Crippen LogP contribution in [0, 0.1) is 6.07 Å². The summed E-state index contributed by atoms with van der Waals surface area (Å²) in [5.74, 6) is 0.605. The van der Waals surface area contributed by atoms with E-state index in [9.17, 15) is 0 Å². The topological polar surface area (TPSA) is 0 Å². The maximum Gasteiger partial charge on any atom is 0.0479 e. The van der Waals surface area contributed by atoms with E-state index < -0.39 is 0 Å². The minimum atomic E-state index is 0.605. The molecule has 10 heavy (non-hydrogen) atoms. The first-order valence-electron chi connectivity index (χ1n) is 3.48. The van der Waals surface area contributed by atoms with Gasteiger partial charge in [-0.2, -0.15) is 0 Å². The lowest BCUT2D eigenvalue weighted by molar-refractivity contribution is 0.801. The van der Waals surface area contributed by atoms with E-state index in [0.29, 0.717) is 5.92 Å². The molecule has 1 radical (unpaired) electrons. The summed E-state index contributed by atoms with van der Waals surface area (Å²) in [4.78, 5) is 0. The van der Waals surface area contributed by atoms with Crippen LogP contribution < -0.4 is 0 Å². The second-order valence-corrected chi connectivity index (χ2v) is 3.21. The molecule has 0 amide bonds. The van der Waals surface area contributed by atoms with Gasteiger partial charge in [-0.15, -0.1) is 0 Å². The summed E-state index contributed by atoms with van der Waals surface area (Å²) < 4.78 is 0. The van der Waals surface area contributed by atoms with Crippen molar-refractivity contribution in [2.75, 3.05) is 0 Å². The molecule has 2 bridgehead atoms. The summed E-state index contributed by atoms with van der Waals surface area (Å²) in [6.07, 6.45) is 1.07. The molecule has 0 nitrogen and oxygen atoms in total. The first kappa shape index (κ1) is 6.23. The van der Waals surface area contributed by atoms with E-state index in [1.165, 1.54) is 11.1 Å². The number of benzene rings is 1. The number of halogens is 1. The average molecular weight is 152 g/mol. The highest BCUT2D eigenvalue weighted by Gasteiger charge is 2.20. The van der Waals surface area contributed by atoms with Gasteiger partial charge < -0.3 is 0 Å². The molecule has 0 heterocycles. The number of hydrogen-bond donors (Lipinski definition) is 0. The zero-order valence-electron chi connectivity index (χ0n) is 5.82. The lowest BCUT2D eigenvalue weighted by Crippen LogP contribution is -1.85. The van der Waals surface area contributed by atoms with E-state index >= 15 is 0 Å². The van der Waals surface area contributed by atoms with Gasteiger partial charge >= 0.3 is 0 Å². The second-order valence-electron chi connectivity index (χ2n) is 2.83. The maximum atomic E-state index is 6.00. The monoisotopic (exact) mass is 151 g/mol. The first-order valence-corrected chi connectivity index (χ1v) is 3.86. The molecule has 1 aliphatic carbocycles. The number of hydrogen-bond acceptors (Lipinski definition) is 0. The minimum Gasteiger partial charge on any atom is -0.0837 e. The Morgan fingerprint density at radius 3 is 3.10 bits per heavy atom. The zero-order valence-corrected chi connectivity index (χ0v) is 6.57. The molecule has 0 fully saturated rings. The Balaban J connectivity index is 2.65. The van der Waals surface area contributed by atoms with Crippen molar-refractivity contribution in [3.63, 3.8) is 0 Å². The van der Waals surface area contributed by atoms with Crippen molar-refractivity contribution in [3.05, 3.63) is 34.3 Å². The highest BCUT2D eigenvalue weighted by molar-refractivity contribution is 6.32. The summed E-state index contributed by atoms with van der Waals surface area (Å²) in [5, 5.41) is 0.940. The molecular weight excluding hydrogens is 144 g/mol. The molecule has 0 spiro atoms. The van der Waals surface area contributed by atoms with E-state index in [1.807, 2.05) is 6.07 Å². The Kier molecular flexibility index (Phi) is 1.24. The van der Waals surface area contributed by atoms with E-state index in [-0.39, 0.29) is 0 Å². The molecule has 1 heteroatoms. The summed E-state index contributed by atoms with van der Waals surface area (Å²) in [7, 11) is 0. The first-order chi connectivity index (χ1) is 4.79. The molecule has 0 saturated carbocycles. The van der Waals surface area contributed by atoms with Crippen molar-refractivity contribution >= 4 is 11.6 Å². The van der Waals surface area contributed by atoms with Crippen molar-refractivity contribution in [1.82, 2.24) is 0 Å². The van der Waals surface area contributed by atoms with Crippen molar-refractivity contribution in [2.45, 2.75) is 19.3 Å². The van der Waals surface area contributed by atoms with Gasteiger partial charge in [0.05, 0.1) is 0 Å². The van der Waals surface area contributed by atoms with Gasteiger partial charge in [0, 0.05) is 5.02 Å². The zero-order chi connectivity index (χ0) is 7.14. The van der Waals surface area contributed by atoms with Crippen molar-refractivity contribution in [1.29, 1.82) is 0 Å². The van der Waals surface area contributed by atoms with E-state index in [0.717, 1.165) is 11.4 Å². The van der Waals surface area contributed by atoms with Crippen LogP contribution in [0.15, 0.2) is 12.1 Å². The van der Waals surface area contributed by atoms with E-state index in [4.69, 9.17) is 11.6 Å². The molecular formula is C9H8Cl. The van der Waals surface area contributed by atoms with Crippen LogP contribution in [0.25, 0.3) is 0 Å². The lowest BCUT2D eigenvalue weighted by Gasteiger charge is -1.98.